The molecular weight excluding hydrogens is 367 g/mol. The number of benzene rings is 1. The highest BCUT2D eigenvalue weighted by Crippen LogP contribution is 2.22. The quantitative estimate of drug-likeness (QED) is 0.779. The summed E-state index contributed by atoms with van der Waals surface area (Å²) in [6.07, 6.45) is 3.49. The predicted octanol–water partition coefficient (Wildman–Crippen LogP) is 1.88. The number of pyridine rings is 1. The third-order valence-electron chi connectivity index (χ3n) is 4.95. The van der Waals surface area contributed by atoms with E-state index < -0.39 is 15.8 Å². The van der Waals surface area contributed by atoms with Crippen LogP contribution in [0.1, 0.15) is 18.5 Å². The molecule has 146 valence electrons. The summed E-state index contributed by atoms with van der Waals surface area (Å²) in [7, 11) is -3.71. The van der Waals surface area contributed by atoms with Gasteiger partial charge >= 0.3 is 0 Å². The summed E-state index contributed by atoms with van der Waals surface area (Å²) < 4.78 is 40.9. The van der Waals surface area contributed by atoms with Gasteiger partial charge < -0.3 is 4.90 Å². The maximum absolute atomic E-state index is 13.1. The Balaban J connectivity index is 1.75. The van der Waals surface area contributed by atoms with Crippen molar-refractivity contribution < 1.29 is 12.8 Å². The first-order chi connectivity index (χ1) is 13.0. The number of halogens is 1. The van der Waals surface area contributed by atoms with Crippen LogP contribution in [-0.2, 0) is 10.0 Å². The average molecular weight is 393 g/mol. The first-order valence-corrected chi connectivity index (χ1v) is 10.6. The average Bonchev–Trinajstić information content (AvgIpc) is 2.70. The number of hydrogen-bond donors (Lipinski definition) is 1. The Bertz CT molecular complexity index is 823. The molecule has 1 aromatic carbocycles. The summed E-state index contributed by atoms with van der Waals surface area (Å²) in [4.78, 5) is 8.91. The molecule has 0 bridgehead atoms. The lowest BCUT2D eigenvalue weighted by atomic mass is 10.1. The Morgan fingerprint density at radius 1 is 1.15 bits per heavy atom. The maximum Gasteiger partial charge on any atom is 0.240 e. The van der Waals surface area contributed by atoms with Gasteiger partial charge in [0.15, 0.2) is 0 Å². The molecule has 0 unspecified atom stereocenters. The highest BCUT2D eigenvalue weighted by Gasteiger charge is 2.26. The normalized spacial score (nSPS) is 17.7. The molecule has 1 N–H and O–H groups in total. The number of nitrogens with zero attached hydrogens (tertiary/aromatic N) is 3. The van der Waals surface area contributed by atoms with E-state index in [1.807, 2.05) is 12.1 Å². The molecule has 1 aliphatic heterocycles. The second-order valence-electron chi connectivity index (χ2n) is 6.58. The molecule has 2 aromatic rings. The standard InChI is InChI=1S/C19H25FN4O2S/c1-2-23-10-12-24(13-11-23)19(16-4-3-9-21-14-16)15-22-27(25,26)18-7-5-17(20)6-8-18/h3-9,14,19,22H,2,10-13,15H2,1H3/t19-/m0/s1. The molecule has 0 radical (unpaired) electrons. The number of likely N-dealkylation sites (N-methyl/N-ethyl adjacent to an activating group) is 1. The Labute approximate surface area is 160 Å². The van der Waals surface area contributed by atoms with E-state index in [1.165, 1.54) is 12.1 Å². The van der Waals surface area contributed by atoms with Crippen molar-refractivity contribution in [2.45, 2.75) is 17.9 Å². The molecule has 27 heavy (non-hydrogen) atoms. The van der Waals surface area contributed by atoms with E-state index in [0.29, 0.717) is 0 Å². The van der Waals surface area contributed by atoms with Crippen LogP contribution < -0.4 is 4.72 Å². The molecule has 1 aromatic heterocycles. The van der Waals surface area contributed by atoms with Gasteiger partial charge in [-0.15, -0.1) is 0 Å². The van der Waals surface area contributed by atoms with Gasteiger partial charge in [-0.1, -0.05) is 13.0 Å². The van der Waals surface area contributed by atoms with Crippen molar-refractivity contribution in [2.24, 2.45) is 0 Å². The molecule has 1 aliphatic rings. The molecule has 8 heteroatoms. The molecule has 0 amide bonds. The van der Waals surface area contributed by atoms with E-state index in [4.69, 9.17) is 0 Å². The van der Waals surface area contributed by atoms with Gasteiger partial charge in [-0.05, 0) is 42.4 Å². The van der Waals surface area contributed by atoms with E-state index in [2.05, 4.69) is 26.4 Å². The first kappa shape index (κ1) is 19.9. The van der Waals surface area contributed by atoms with Crippen molar-refractivity contribution in [3.8, 4) is 0 Å². The van der Waals surface area contributed by atoms with Crippen LogP contribution in [0.25, 0.3) is 0 Å². The van der Waals surface area contributed by atoms with Crippen molar-refractivity contribution >= 4 is 10.0 Å². The Morgan fingerprint density at radius 2 is 1.85 bits per heavy atom. The van der Waals surface area contributed by atoms with Gasteiger partial charge in [0, 0.05) is 51.2 Å². The van der Waals surface area contributed by atoms with Crippen molar-refractivity contribution in [1.29, 1.82) is 0 Å². The topological polar surface area (TPSA) is 65.5 Å². The summed E-state index contributed by atoms with van der Waals surface area (Å²) in [6.45, 7) is 7.04. The Kier molecular flexibility index (Phi) is 6.54. The summed E-state index contributed by atoms with van der Waals surface area (Å²) in [6, 6.07) is 8.57. The number of piperazine rings is 1. The van der Waals surface area contributed by atoms with E-state index in [1.54, 1.807) is 12.4 Å². The van der Waals surface area contributed by atoms with Crippen LogP contribution in [0.15, 0.2) is 53.7 Å². The molecule has 0 spiro atoms. The molecule has 2 heterocycles. The number of aromatic nitrogens is 1. The maximum atomic E-state index is 13.1. The van der Waals surface area contributed by atoms with Crippen molar-refractivity contribution in [3.05, 3.63) is 60.2 Å². The molecule has 3 rings (SSSR count). The van der Waals surface area contributed by atoms with Gasteiger partial charge in [-0.3, -0.25) is 9.88 Å². The predicted molar refractivity (Wildman–Crippen MR) is 102 cm³/mol. The second kappa shape index (κ2) is 8.88. The summed E-state index contributed by atoms with van der Waals surface area (Å²) >= 11 is 0. The largest absolute Gasteiger partial charge is 0.301 e. The van der Waals surface area contributed by atoms with Crippen molar-refractivity contribution in [1.82, 2.24) is 19.5 Å². The Morgan fingerprint density at radius 3 is 2.44 bits per heavy atom. The SMILES string of the molecule is CCN1CCN([C@@H](CNS(=O)(=O)c2ccc(F)cc2)c2cccnc2)CC1. The van der Waals surface area contributed by atoms with E-state index in [0.717, 1.165) is 50.4 Å². The molecular formula is C19H25FN4O2S. The minimum atomic E-state index is -3.71. The molecule has 0 saturated carbocycles. The monoisotopic (exact) mass is 392 g/mol. The molecule has 6 nitrogen and oxygen atoms in total. The smallest absolute Gasteiger partial charge is 0.240 e. The minimum Gasteiger partial charge on any atom is -0.301 e. The number of hydrogen-bond acceptors (Lipinski definition) is 5. The Hall–Kier alpha value is -1.87. The fraction of sp³-hybridized carbons (Fsp3) is 0.421. The fourth-order valence-corrected chi connectivity index (χ4v) is 4.35. The fourth-order valence-electron chi connectivity index (χ4n) is 3.31. The van der Waals surface area contributed by atoms with Gasteiger partial charge in [0.25, 0.3) is 0 Å². The lowest BCUT2D eigenvalue weighted by Gasteiger charge is -2.39. The van der Waals surface area contributed by atoms with Gasteiger partial charge in [-0.2, -0.15) is 0 Å². The van der Waals surface area contributed by atoms with Crippen LogP contribution in [0.4, 0.5) is 4.39 Å². The highest BCUT2D eigenvalue weighted by molar-refractivity contribution is 7.89. The number of nitrogens with one attached hydrogen (secondary N) is 1. The van der Waals surface area contributed by atoms with Gasteiger partial charge in [0.1, 0.15) is 5.82 Å². The minimum absolute atomic E-state index is 0.0599. The van der Waals surface area contributed by atoms with Gasteiger partial charge in [0.05, 0.1) is 4.90 Å². The summed E-state index contributed by atoms with van der Waals surface area (Å²) in [5, 5.41) is 0. The van der Waals surface area contributed by atoms with E-state index in [-0.39, 0.29) is 17.5 Å². The zero-order valence-electron chi connectivity index (χ0n) is 15.4. The summed E-state index contributed by atoms with van der Waals surface area (Å²) in [5.41, 5.74) is 0.976. The zero-order chi connectivity index (χ0) is 19.3. The lowest BCUT2D eigenvalue weighted by Crippen LogP contribution is -2.49. The van der Waals surface area contributed by atoms with Crippen LogP contribution in [0.5, 0.6) is 0 Å². The van der Waals surface area contributed by atoms with E-state index >= 15 is 0 Å². The van der Waals surface area contributed by atoms with E-state index in [9.17, 15) is 12.8 Å². The number of sulfonamides is 1. The lowest BCUT2D eigenvalue weighted by molar-refractivity contribution is 0.100. The first-order valence-electron chi connectivity index (χ1n) is 9.11. The van der Waals surface area contributed by atoms with Gasteiger partial charge in [0.2, 0.25) is 10.0 Å². The third-order valence-corrected chi connectivity index (χ3v) is 6.39. The third kappa shape index (κ3) is 5.10. The van der Waals surface area contributed by atoms with Gasteiger partial charge in [-0.25, -0.2) is 17.5 Å². The van der Waals surface area contributed by atoms with Crippen LogP contribution in [0.2, 0.25) is 0 Å². The van der Waals surface area contributed by atoms with Crippen molar-refractivity contribution in [2.75, 3.05) is 39.3 Å². The molecule has 1 fully saturated rings. The second-order valence-corrected chi connectivity index (χ2v) is 8.35. The van der Waals surface area contributed by atoms with Crippen molar-refractivity contribution in [3.63, 3.8) is 0 Å². The summed E-state index contributed by atoms with van der Waals surface area (Å²) in [5.74, 6) is -0.462. The van der Waals surface area contributed by atoms with Crippen LogP contribution in [0, 0.1) is 5.82 Å². The number of rotatable bonds is 7. The zero-order valence-corrected chi connectivity index (χ0v) is 16.2. The van der Waals surface area contributed by atoms with Crippen LogP contribution >= 0.6 is 0 Å². The molecule has 0 aliphatic carbocycles. The van der Waals surface area contributed by atoms with Crippen LogP contribution in [0.3, 0.4) is 0 Å². The molecule has 1 atom stereocenters. The highest BCUT2D eigenvalue weighted by atomic mass is 32.2. The molecule has 1 saturated heterocycles. The van der Waals surface area contributed by atoms with Crippen LogP contribution in [-0.4, -0.2) is 62.5 Å².